The Morgan fingerprint density at radius 2 is 2.00 bits per heavy atom. The fourth-order valence-corrected chi connectivity index (χ4v) is 2.37. The molecular formula is C19H15NO3. The number of rotatable bonds is 1. The van der Waals surface area contributed by atoms with Gasteiger partial charge < -0.3 is 9.84 Å². The number of cyclic esters (lactones) is 1. The molecule has 0 saturated heterocycles. The van der Waals surface area contributed by atoms with Crippen molar-refractivity contribution in [3.63, 3.8) is 0 Å². The molecule has 4 nitrogen and oxygen atoms in total. The number of ether oxygens (including phenoxy) is 1. The van der Waals surface area contributed by atoms with Gasteiger partial charge in [-0.25, -0.2) is 4.79 Å². The van der Waals surface area contributed by atoms with Crippen molar-refractivity contribution in [3.05, 3.63) is 65.2 Å². The summed E-state index contributed by atoms with van der Waals surface area (Å²) in [6, 6.07) is 15.2. The number of benzene rings is 2. The molecule has 0 spiro atoms. The summed E-state index contributed by atoms with van der Waals surface area (Å²) in [4.78, 5) is 13.5. The molecule has 0 radical (unpaired) electrons. The van der Waals surface area contributed by atoms with Crippen molar-refractivity contribution in [1.82, 2.24) is 0 Å². The second-order valence-corrected chi connectivity index (χ2v) is 5.04. The fraction of sp³-hybridized carbons (Fsp3) is 0.105. The van der Waals surface area contributed by atoms with E-state index in [-0.39, 0.29) is 6.61 Å². The van der Waals surface area contributed by atoms with E-state index in [4.69, 9.17) is 9.84 Å². The zero-order valence-electron chi connectivity index (χ0n) is 12.6. The van der Waals surface area contributed by atoms with E-state index < -0.39 is 6.09 Å². The maximum Gasteiger partial charge on any atom is 0.419 e. The molecule has 1 heterocycles. The van der Waals surface area contributed by atoms with Gasteiger partial charge in [-0.05, 0) is 29.8 Å². The quantitative estimate of drug-likeness (QED) is 0.824. The lowest BCUT2D eigenvalue weighted by Crippen LogP contribution is -2.31. The Kier molecular flexibility index (Phi) is 4.13. The zero-order chi connectivity index (χ0) is 16.2. The summed E-state index contributed by atoms with van der Waals surface area (Å²) >= 11 is 0. The molecule has 0 aliphatic carbocycles. The normalized spacial score (nSPS) is 14.8. The molecule has 1 aliphatic rings. The van der Waals surface area contributed by atoms with Gasteiger partial charge in [-0.3, -0.25) is 4.90 Å². The highest BCUT2D eigenvalue weighted by atomic mass is 16.6. The first-order valence-corrected chi connectivity index (χ1v) is 7.15. The third kappa shape index (κ3) is 3.10. The lowest BCUT2D eigenvalue weighted by molar-refractivity contribution is 0.199. The standard InChI is InChI=1S/C19H15NO3/c1-20-17-10-9-15(8-5-11-21)12-16(17)18(23-19(20)22)13-14-6-3-2-4-7-14/h2-4,6-7,9-10,12-13,21H,11H2,1H3/b18-13-. The van der Waals surface area contributed by atoms with E-state index in [1.165, 1.54) is 4.90 Å². The molecule has 0 saturated carbocycles. The average Bonchev–Trinajstić information content (AvgIpc) is 2.58. The number of aliphatic hydroxyl groups excluding tert-OH is 1. The number of hydrogen-bond acceptors (Lipinski definition) is 3. The third-order valence-corrected chi connectivity index (χ3v) is 3.50. The molecule has 2 aromatic carbocycles. The van der Waals surface area contributed by atoms with Gasteiger partial charge in [0.15, 0.2) is 0 Å². The number of carbonyl (C=O) groups is 1. The Morgan fingerprint density at radius 3 is 2.74 bits per heavy atom. The second kappa shape index (κ2) is 6.39. The minimum Gasteiger partial charge on any atom is -0.409 e. The molecule has 114 valence electrons. The van der Waals surface area contributed by atoms with Crippen molar-refractivity contribution in [2.45, 2.75) is 0 Å². The zero-order valence-corrected chi connectivity index (χ0v) is 12.6. The van der Waals surface area contributed by atoms with Crippen molar-refractivity contribution >= 4 is 23.6 Å². The van der Waals surface area contributed by atoms with Crippen LogP contribution in [0.5, 0.6) is 0 Å². The molecule has 0 fully saturated rings. The summed E-state index contributed by atoms with van der Waals surface area (Å²) in [6.45, 7) is -0.196. The maximum absolute atomic E-state index is 12.0. The number of anilines is 1. The van der Waals surface area contributed by atoms with E-state index in [1.807, 2.05) is 54.6 Å². The summed E-state index contributed by atoms with van der Waals surface area (Å²) in [6.07, 6.45) is 1.40. The molecule has 3 rings (SSSR count). The van der Waals surface area contributed by atoms with E-state index >= 15 is 0 Å². The third-order valence-electron chi connectivity index (χ3n) is 3.50. The summed E-state index contributed by atoms with van der Waals surface area (Å²) < 4.78 is 5.44. The second-order valence-electron chi connectivity index (χ2n) is 5.04. The summed E-state index contributed by atoms with van der Waals surface area (Å²) in [5.74, 6) is 5.98. The predicted octanol–water partition coefficient (Wildman–Crippen LogP) is 3.11. The van der Waals surface area contributed by atoms with Crippen molar-refractivity contribution in [1.29, 1.82) is 0 Å². The van der Waals surface area contributed by atoms with Crippen molar-refractivity contribution in [3.8, 4) is 11.8 Å². The van der Waals surface area contributed by atoms with Crippen LogP contribution in [0, 0.1) is 11.8 Å². The Bertz CT molecular complexity index is 829. The Hall–Kier alpha value is -3.03. The molecule has 1 aliphatic heterocycles. The van der Waals surface area contributed by atoms with Crippen LogP contribution in [-0.4, -0.2) is 24.9 Å². The molecule has 0 atom stereocenters. The fourth-order valence-electron chi connectivity index (χ4n) is 2.37. The summed E-state index contributed by atoms with van der Waals surface area (Å²) in [5.41, 5.74) is 3.25. The SMILES string of the molecule is CN1C(=O)O/C(=C\c2ccccc2)c2cc(C#CCO)ccc21. The van der Waals surface area contributed by atoms with Crippen LogP contribution in [0.15, 0.2) is 48.5 Å². The molecule has 4 heteroatoms. The molecule has 0 unspecified atom stereocenters. The number of fused-ring (bicyclic) bond motifs is 1. The van der Waals surface area contributed by atoms with Crippen LogP contribution < -0.4 is 4.90 Å². The van der Waals surface area contributed by atoms with Gasteiger partial charge in [0.05, 0.1) is 5.69 Å². The summed E-state index contributed by atoms with van der Waals surface area (Å²) in [5, 5.41) is 8.83. The molecule has 0 aromatic heterocycles. The topological polar surface area (TPSA) is 49.8 Å². The largest absolute Gasteiger partial charge is 0.419 e. The Labute approximate surface area is 134 Å². The highest BCUT2D eigenvalue weighted by Gasteiger charge is 2.26. The van der Waals surface area contributed by atoms with Gasteiger partial charge in [0.1, 0.15) is 12.4 Å². The minimum absolute atomic E-state index is 0.196. The molecule has 23 heavy (non-hydrogen) atoms. The van der Waals surface area contributed by atoms with Gasteiger partial charge in [-0.2, -0.15) is 0 Å². The first-order valence-electron chi connectivity index (χ1n) is 7.15. The summed E-state index contributed by atoms with van der Waals surface area (Å²) in [7, 11) is 1.67. The maximum atomic E-state index is 12.0. The smallest absolute Gasteiger partial charge is 0.409 e. The molecular weight excluding hydrogens is 290 g/mol. The molecule has 1 amide bonds. The first kappa shape index (κ1) is 14.9. The van der Waals surface area contributed by atoms with Crippen molar-refractivity contribution < 1.29 is 14.6 Å². The van der Waals surface area contributed by atoms with Crippen molar-refractivity contribution in [2.24, 2.45) is 0 Å². The van der Waals surface area contributed by atoms with Crippen LogP contribution in [0.2, 0.25) is 0 Å². The van der Waals surface area contributed by atoms with E-state index in [2.05, 4.69) is 11.8 Å². The predicted molar refractivity (Wildman–Crippen MR) is 89.6 cm³/mol. The lowest BCUT2D eigenvalue weighted by Gasteiger charge is -2.27. The van der Waals surface area contributed by atoms with Crippen molar-refractivity contribution in [2.75, 3.05) is 18.6 Å². The monoisotopic (exact) mass is 305 g/mol. The number of amides is 1. The lowest BCUT2D eigenvalue weighted by atomic mass is 10.0. The molecule has 1 N–H and O–H groups in total. The first-order chi connectivity index (χ1) is 11.2. The number of carbonyl (C=O) groups excluding carboxylic acids is 1. The average molecular weight is 305 g/mol. The van der Waals surface area contributed by atoms with E-state index in [0.29, 0.717) is 5.76 Å². The van der Waals surface area contributed by atoms with Gasteiger partial charge in [-0.15, -0.1) is 0 Å². The van der Waals surface area contributed by atoms with E-state index in [0.717, 1.165) is 22.4 Å². The number of nitrogens with zero attached hydrogens (tertiary/aromatic N) is 1. The van der Waals surface area contributed by atoms with E-state index in [9.17, 15) is 4.79 Å². The van der Waals surface area contributed by atoms with Crippen LogP contribution in [0.3, 0.4) is 0 Å². The number of hydrogen-bond donors (Lipinski definition) is 1. The van der Waals surface area contributed by atoms with Gasteiger partial charge in [0, 0.05) is 18.2 Å². The van der Waals surface area contributed by atoms with Crippen LogP contribution in [0.25, 0.3) is 11.8 Å². The van der Waals surface area contributed by atoms with Gasteiger partial charge >= 0.3 is 6.09 Å². The van der Waals surface area contributed by atoms with Gasteiger partial charge in [-0.1, -0.05) is 42.2 Å². The van der Waals surface area contributed by atoms with Crippen LogP contribution in [-0.2, 0) is 4.74 Å². The van der Waals surface area contributed by atoms with Gasteiger partial charge in [0.2, 0.25) is 0 Å². The van der Waals surface area contributed by atoms with Gasteiger partial charge in [0.25, 0.3) is 0 Å². The van der Waals surface area contributed by atoms with Crippen LogP contribution in [0.1, 0.15) is 16.7 Å². The van der Waals surface area contributed by atoms with Crippen LogP contribution >= 0.6 is 0 Å². The molecule has 2 aromatic rings. The molecule has 0 bridgehead atoms. The van der Waals surface area contributed by atoms with Crippen LogP contribution in [0.4, 0.5) is 10.5 Å². The van der Waals surface area contributed by atoms with E-state index in [1.54, 1.807) is 7.05 Å². The highest BCUT2D eigenvalue weighted by Crippen LogP contribution is 2.35. The Balaban J connectivity index is 2.11. The minimum atomic E-state index is -0.422. The highest BCUT2D eigenvalue weighted by molar-refractivity contribution is 6.01. The number of aliphatic hydroxyl groups is 1. The Morgan fingerprint density at radius 1 is 1.22 bits per heavy atom.